The quantitative estimate of drug-likeness (QED) is 0.728. The topological polar surface area (TPSA) is 12.0 Å². The van der Waals surface area contributed by atoms with Crippen molar-refractivity contribution in [3.8, 4) is 0 Å². The zero-order chi connectivity index (χ0) is 13.6. The molecule has 0 bridgehead atoms. The van der Waals surface area contributed by atoms with Crippen molar-refractivity contribution in [2.75, 3.05) is 19.3 Å². The number of rotatable bonds is 7. The number of thioether (sulfide) groups is 1. The molecule has 1 fully saturated rings. The highest BCUT2D eigenvalue weighted by molar-refractivity contribution is 8.00. The maximum absolute atomic E-state index is 3.79. The molecule has 0 saturated heterocycles. The summed E-state index contributed by atoms with van der Waals surface area (Å²) < 4.78 is 0.538. The third kappa shape index (κ3) is 4.77. The molecule has 1 rings (SSSR count). The fourth-order valence-electron chi connectivity index (χ4n) is 3.36. The van der Waals surface area contributed by atoms with Crippen molar-refractivity contribution in [2.45, 2.75) is 64.5 Å². The van der Waals surface area contributed by atoms with Gasteiger partial charge < -0.3 is 5.32 Å². The molecule has 0 aromatic carbocycles. The maximum Gasteiger partial charge on any atom is 0.0281 e. The molecule has 1 aliphatic carbocycles. The van der Waals surface area contributed by atoms with Gasteiger partial charge in [0.05, 0.1) is 0 Å². The van der Waals surface area contributed by atoms with Gasteiger partial charge in [-0.05, 0) is 43.4 Å². The molecule has 0 aliphatic heterocycles. The van der Waals surface area contributed by atoms with Crippen LogP contribution in [-0.2, 0) is 0 Å². The monoisotopic (exact) mass is 271 g/mol. The summed E-state index contributed by atoms with van der Waals surface area (Å²) in [4.78, 5) is 0. The summed E-state index contributed by atoms with van der Waals surface area (Å²) in [6, 6.07) is 0. The van der Waals surface area contributed by atoms with E-state index in [1.807, 2.05) is 0 Å². The Morgan fingerprint density at radius 2 is 1.56 bits per heavy atom. The molecule has 0 spiro atoms. The molecule has 0 atom stereocenters. The molecule has 0 unspecified atom stereocenters. The number of hydrogen-bond donors (Lipinski definition) is 1. The second-order valence-corrected chi connectivity index (χ2v) is 8.00. The van der Waals surface area contributed by atoms with Gasteiger partial charge in [-0.15, -0.1) is 0 Å². The van der Waals surface area contributed by atoms with E-state index in [1.54, 1.807) is 0 Å². The second kappa shape index (κ2) is 7.79. The molecule has 1 aliphatic rings. The van der Waals surface area contributed by atoms with Crippen LogP contribution in [0.4, 0.5) is 0 Å². The van der Waals surface area contributed by atoms with Crippen molar-refractivity contribution in [2.24, 2.45) is 17.8 Å². The van der Waals surface area contributed by atoms with Gasteiger partial charge in [0, 0.05) is 11.3 Å². The Kier molecular flexibility index (Phi) is 7.08. The van der Waals surface area contributed by atoms with Crippen molar-refractivity contribution in [1.29, 1.82) is 0 Å². The summed E-state index contributed by atoms with van der Waals surface area (Å²) >= 11 is 2.10. The Balaban J connectivity index is 2.38. The molecular weight excluding hydrogens is 238 g/mol. The Hall–Kier alpha value is 0.310. The lowest BCUT2D eigenvalue weighted by atomic mass is 9.84. The van der Waals surface area contributed by atoms with Gasteiger partial charge in [-0.3, -0.25) is 0 Å². The van der Waals surface area contributed by atoms with E-state index in [2.05, 4.69) is 51.0 Å². The van der Waals surface area contributed by atoms with E-state index in [1.165, 1.54) is 45.2 Å². The van der Waals surface area contributed by atoms with Crippen molar-refractivity contribution in [3.63, 3.8) is 0 Å². The van der Waals surface area contributed by atoms with Crippen molar-refractivity contribution >= 4 is 11.8 Å². The fourth-order valence-corrected chi connectivity index (χ4v) is 4.30. The standard InChI is InChI=1S/C16H33NS/c1-13(2)15(14(3)4)11-17-12-16(18-5)9-7-6-8-10-16/h13-15,17H,6-12H2,1-5H3. The van der Waals surface area contributed by atoms with Crippen molar-refractivity contribution in [3.05, 3.63) is 0 Å². The van der Waals surface area contributed by atoms with Crippen LogP contribution in [0.2, 0.25) is 0 Å². The lowest BCUT2D eigenvalue weighted by Gasteiger charge is -2.37. The molecule has 1 nitrogen and oxygen atoms in total. The highest BCUT2D eigenvalue weighted by Crippen LogP contribution is 2.38. The first-order valence-corrected chi connectivity index (χ1v) is 8.99. The second-order valence-electron chi connectivity index (χ2n) is 6.73. The first-order valence-electron chi connectivity index (χ1n) is 7.76. The van der Waals surface area contributed by atoms with Crippen LogP contribution in [0.25, 0.3) is 0 Å². The first-order chi connectivity index (χ1) is 8.51. The normalized spacial score (nSPS) is 20.0. The van der Waals surface area contributed by atoms with Crippen molar-refractivity contribution < 1.29 is 0 Å². The summed E-state index contributed by atoms with van der Waals surface area (Å²) in [7, 11) is 0. The Morgan fingerprint density at radius 1 is 1.00 bits per heavy atom. The predicted octanol–water partition coefficient (Wildman–Crippen LogP) is 4.57. The Bertz CT molecular complexity index is 211. The molecule has 0 amide bonds. The Labute approximate surface area is 119 Å². The van der Waals surface area contributed by atoms with Gasteiger partial charge in [0.2, 0.25) is 0 Å². The van der Waals surface area contributed by atoms with Gasteiger partial charge in [-0.1, -0.05) is 47.0 Å². The molecule has 0 radical (unpaired) electrons. The largest absolute Gasteiger partial charge is 0.315 e. The number of nitrogens with one attached hydrogen (secondary N) is 1. The summed E-state index contributed by atoms with van der Waals surface area (Å²) in [6.45, 7) is 11.8. The summed E-state index contributed by atoms with van der Waals surface area (Å²) in [6.07, 6.45) is 9.43. The Morgan fingerprint density at radius 3 is 2.00 bits per heavy atom. The van der Waals surface area contributed by atoms with E-state index in [-0.39, 0.29) is 0 Å². The average molecular weight is 272 g/mol. The van der Waals surface area contributed by atoms with Gasteiger partial charge in [0.15, 0.2) is 0 Å². The highest BCUT2D eigenvalue weighted by atomic mass is 32.2. The van der Waals surface area contributed by atoms with Crippen LogP contribution in [-0.4, -0.2) is 24.1 Å². The highest BCUT2D eigenvalue weighted by Gasteiger charge is 2.31. The lowest BCUT2D eigenvalue weighted by Crippen LogP contribution is -2.42. The molecule has 1 N–H and O–H groups in total. The zero-order valence-electron chi connectivity index (χ0n) is 13.1. The van der Waals surface area contributed by atoms with Crippen molar-refractivity contribution in [1.82, 2.24) is 5.32 Å². The van der Waals surface area contributed by atoms with E-state index >= 15 is 0 Å². The molecule has 0 aromatic heterocycles. The predicted molar refractivity (Wildman–Crippen MR) is 85.4 cm³/mol. The van der Waals surface area contributed by atoms with Crippen LogP contribution in [0.15, 0.2) is 0 Å². The zero-order valence-corrected chi connectivity index (χ0v) is 13.9. The summed E-state index contributed by atoms with van der Waals surface area (Å²) in [5, 5.41) is 3.79. The van der Waals surface area contributed by atoms with Gasteiger partial charge >= 0.3 is 0 Å². The van der Waals surface area contributed by atoms with E-state index in [4.69, 9.17) is 0 Å². The minimum Gasteiger partial charge on any atom is -0.315 e. The van der Waals surface area contributed by atoms with E-state index in [0.29, 0.717) is 4.75 Å². The van der Waals surface area contributed by atoms with E-state index < -0.39 is 0 Å². The van der Waals surface area contributed by atoms with Crippen LogP contribution in [0.3, 0.4) is 0 Å². The molecule has 0 aromatic rings. The summed E-state index contributed by atoms with van der Waals surface area (Å²) in [5.74, 6) is 2.38. The molecule has 0 heterocycles. The maximum atomic E-state index is 3.79. The molecule has 2 heteroatoms. The minimum absolute atomic E-state index is 0.538. The number of hydrogen-bond acceptors (Lipinski definition) is 2. The average Bonchev–Trinajstić information content (AvgIpc) is 2.35. The fraction of sp³-hybridized carbons (Fsp3) is 1.00. The van der Waals surface area contributed by atoms with Gasteiger partial charge in [0.1, 0.15) is 0 Å². The molecule has 1 saturated carbocycles. The minimum atomic E-state index is 0.538. The van der Waals surface area contributed by atoms with E-state index in [0.717, 1.165) is 17.8 Å². The van der Waals surface area contributed by atoms with Gasteiger partial charge in [0.25, 0.3) is 0 Å². The van der Waals surface area contributed by atoms with Gasteiger partial charge in [-0.25, -0.2) is 0 Å². The third-order valence-corrected chi connectivity index (χ3v) is 6.16. The van der Waals surface area contributed by atoms with Crippen LogP contribution in [0.5, 0.6) is 0 Å². The van der Waals surface area contributed by atoms with E-state index in [9.17, 15) is 0 Å². The van der Waals surface area contributed by atoms with Crippen LogP contribution >= 0.6 is 11.8 Å². The molecular formula is C16H33NS. The third-order valence-electron chi connectivity index (χ3n) is 4.74. The molecule has 108 valence electrons. The SMILES string of the molecule is CSC1(CNCC(C(C)C)C(C)C)CCCCC1. The first kappa shape index (κ1) is 16.4. The van der Waals surface area contributed by atoms with Crippen LogP contribution in [0, 0.1) is 17.8 Å². The van der Waals surface area contributed by atoms with Crippen LogP contribution in [0.1, 0.15) is 59.8 Å². The molecule has 18 heavy (non-hydrogen) atoms. The lowest BCUT2D eigenvalue weighted by molar-refractivity contribution is 0.267. The van der Waals surface area contributed by atoms with Gasteiger partial charge in [-0.2, -0.15) is 11.8 Å². The van der Waals surface area contributed by atoms with Crippen LogP contribution < -0.4 is 5.32 Å². The summed E-state index contributed by atoms with van der Waals surface area (Å²) in [5.41, 5.74) is 0. The smallest absolute Gasteiger partial charge is 0.0281 e.